The summed E-state index contributed by atoms with van der Waals surface area (Å²) in [4.78, 5) is 22.3. The maximum Gasteiger partial charge on any atom is 0.407 e. The SMILES string of the molecule is CC(C)(C)OC(=O)NC(CC=O)Cc1ccccc1F. The highest BCUT2D eigenvalue weighted by atomic mass is 19.1. The molecule has 0 aliphatic carbocycles. The van der Waals surface area contributed by atoms with Gasteiger partial charge < -0.3 is 14.8 Å². The fraction of sp³-hybridized carbons (Fsp3) is 0.467. The standard InChI is InChI=1S/C15H20FNO3/c1-15(2,3)20-14(19)17-12(8-9-18)10-11-6-4-5-7-13(11)16/h4-7,9,12H,8,10H2,1-3H3,(H,17,19). The highest BCUT2D eigenvalue weighted by Crippen LogP contribution is 2.12. The van der Waals surface area contributed by atoms with Crippen LogP contribution in [0.1, 0.15) is 32.8 Å². The lowest BCUT2D eigenvalue weighted by Crippen LogP contribution is -2.40. The molecule has 4 nitrogen and oxygen atoms in total. The molecule has 20 heavy (non-hydrogen) atoms. The number of amides is 1. The molecule has 0 bridgehead atoms. The Kier molecular flexibility index (Phi) is 5.67. The summed E-state index contributed by atoms with van der Waals surface area (Å²) in [6, 6.07) is 5.79. The Balaban J connectivity index is 2.68. The summed E-state index contributed by atoms with van der Waals surface area (Å²) in [5, 5.41) is 2.59. The van der Waals surface area contributed by atoms with E-state index in [1.807, 2.05) is 0 Å². The molecule has 0 aromatic heterocycles. The Labute approximate surface area is 118 Å². The fourth-order valence-corrected chi connectivity index (χ4v) is 1.71. The van der Waals surface area contributed by atoms with Gasteiger partial charge >= 0.3 is 6.09 Å². The summed E-state index contributed by atoms with van der Waals surface area (Å²) < 4.78 is 18.7. The van der Waals surface area contributed by atoms with Crippen molar-refractivity contribution >= 4 is 12.4 Å². The number of alkyl carbamates (subject to hydrolysis) is 1. The molecular weight excluding hydrogens is 261 g/mol. The third-order valence-electron chi connectivity index (χ3n) is 2.53. The Hall–Kier alpha value is -1.91. The highest BCUT2D eigenvalue weighted by molar-refractivity contribution is 5.68. The van der Waals surface area contributed by atoms with E-state index in [1.54, 1.807) is 39.0 Å². The van der Waals surface area contributed by atoms with Crippen molar-refractivity contribution in [2.24, 2.45) is 0 Å². The maximum atomic E-state index is 13.6. The first-order valence-electron chi connectivity index (χ1n) is 6.48. The largest absolute Gasteiger partial charge is 0.444 e. The molecule has 110 valence electrons. The van der Waals surface area contributed by atoms with Crippen LogP contribution in [0.2, 0.25) is 0 Å². The number of rotatable bonds is 5. The Morgan fingerprint density at radius 1 is 1.40 bits per heavy atom. The van der Waals surface area contributed by atoms with Crippen molar-refractivity contribution in [3.05, 3.63) is 35.6 Å². The second kappa shape index (κ2) is 7.03. The van der Waals surface area contributed by atoms with Gasteiger partial charge in [0.2, 0.25) is 0 Å². The van der Waals surface area contributed by atoms with Crippen molar-refractivity contribution in [2.45, 2.75) is 45.3 Å². The number of aldehydes is 1. The van der Waals surface area contributed by atoms with Crippen molar-refractivity contribution in [3.8, 4) is 0 Å². The van der Waals surface area contributed by atoms with E-state index in [9.17, 15) is 14.0 Å². The number of hydrogen-bond donors (Lipinski definition) is 1. The van der Waals surface area contributed by atoms with Gasteiger partial charge in [-0.25, -0.2) is 9.18 Å². The minimum absolute atomic E-state index is 0.105. The number of halogens is 1. The van der Waals surface area contributed by atoms with E-state index in [2.05, 4.69) is 5.32 Å². The van der Waals surface area contributed by atoms with Crippen LogP contribution in [-0.4, -0.2) is 24.0 Å². The third-order valence-corrected chi connectivity index (χ3v) is 2.53. The van der Waals surface area contributed by atoms with Gasteiger partial charge in [-0.1, -0.05) is 18.2 Å². The van der Waals surface area contributed by atoms with Crippen LogP contribution >= 0.6 is 0 Å². The van der Waals surface area contributed by atoms with Crippen LogP contribution in [0.5, 0.6) is 0 Å². The van der Waals surface area contributed by atoms with Crippen LogP contribution < -0.4 is 5.32 Å². The summed E-state index contributed by atoms with van der Waals surface area (Å²) in [7, 11) is 0. The number of hydrogen-bond acceptors (Lipinski definition) is 3. The number of ether oxygens (including phenoxy) is 1. The zero-order chi connectivity index (χ0) is 15.2. The van der Waals surface area contributed by atoms with Crippen molar-refractivity contribution in [2.75, 3.05) is 0 Å². The summed E-state index contributed by atoms with van der Waals surface area (Å²) in [6.07, 6.45) is 0.432. The molecule has 0 heterocycles. The maximum absolute atomic E-state index is 13.6. The monoisotopic (exact) mass is 281 g/mol. The molecule has 1 unspecified atom stereocenters. The molecule has 1 atom stereocenters. The summed E-state index contributed by atoms with van der Waals surface area (Å²) >= 11 is 0. The summed E-state index contributed by atoms with van der Waals surface area (Å²) in [6.45, 7) is 5.24. The smallest absolute Gasteiger partial charge is 0.407 e. The van der Waals surface area contributed by atoms with Crippen molar-refractivity contribution in [1.29, 1.82) is 0 Å². The van der Waals surface area contributed by atoms with Gasteiger partial charge in [-0.2, -0.15) is 0 Å². The van der Waals surface area contributed by atoms with Gasteiger partial charge in [0.05, 0.1) is 0 Å². The minimum Gasteiger partial charge on any atom is -0.444 e. The normalized spacial score (nSPS) is 12.6. The molecule has 0 saturated heterocycles. The predicted octanol–water partition coefficient (Wildman–Crippen LogP) is 2.85. The number of nitrogens with one attached hydrogen (secondary N) is 1. The van der Waals surface area contributed by atoms with Crippen LogP contribution in [0.25, 0.3) is 0 Å². The van der Waals surface area contributed by atoms with Gasteiger partial charge in [0.1, 0.15) is 17.7 Å². The molecule has 1 aromatic rings. The molecule has 5 heteroatoms. The molecule has 0 spiro atoms. The van der Waals surface area contributed by atoms with Crippen LogP contribution in [-0.2, 0) is 16.0 Å². The number of carbonyl (C=O) groups excluding carboxylic acids is 2. The van der Waals surface area contributed by atoms with Crippen LogP contribution in [0, 0.1) is 5.82 Å². The van der Waals surface area contributed by atoms with Crippen LogP contribution in [0.3, 0.4) is 0 Å². The first-order chi connectivity index (χ1) is 9.31. The first kappa shape index (κ1) is 16.1. The summed E-state index contributed by atoms with van der Waals surface area (Å²) in [5.74, 6) is -0.352. The molecule has 0 aliphatic heterocycles. The van der Waals surface area contributed by atoms with Crippen LogP contribution in [0.15, 0.2) is 24.3 Å². The highest BCUT2D eigenvalue weighted by Gasteiger charge is 2.20. The molecular formula is C15H20FNO3. The molecule has 0 fully saturated rings. The van der Waals surface area contributed by atoms with Gasteiger partial charge in [0, 0.05) is 12.5 Å². The van der Waals surface area contributed by atoms with E-state index in [0.29, 0.717) is 11.8 Å². The van der Waals surface area contributed by atoms with E-state index in [1.165, 1.54) is 6.07 Å². The molecule has 0 aliphatic rings. The summed E-state index contributed by atoms with van der Waals surface area (Å²) in [5.41, 5.74) is -0.163. The minimum atomic E-state index is -0.617. The first-order valence-corrected chi connectivity index (χ1v) is 6.48. The lowest BCUT2D eigenvalue weighted by Gasteiger charge is -2.23. The lowest BCUT2D eigenvalue weighted by atomic mass is 10.0. The van der Waals surface area contributed by atoms with Gasteiger partial charge in [-0.3, -0.25) is 0 Å². The second-order valence-corrected chi connectivity index (χ2v) is 5.54. The lowest BCUT2D eigenvalue weighted by molar-refractivity contribution is -0.108. The van der Waals surface area contributed by atoms with Gasteiger partial charge in [0.25, 0.3) is 0 Å². The Bertz CT molecular complexity index is 468. The molecule has 0 saturated carbocycles. The van der Waals surface area contributed by atoms with Crippen molar-refractivity contribution in [1.82, 2.24) is 5.32 Å². The van der Waals surface area contributed by atoms with Gasteiger partial charge in [0.15, 0.2) is 0 Å². The number of benzene rings is 1. The number of carbonyl (C=O) groups is 2. The average molecular weight is 281 g/mol. The van der Waals surface area contributed by atoms with Crippen LogP contribution in [0.4, 0.5) is 9.18 Å². The van der Waals surface area contributed by atoms with E-state index in [4.69, 9.17) is 4.74 Å². The Morgan fingerprint density at radius 3 is 2.60 bits per heavy atom. The molecule has 1 amide bonds. The average Bonchev–Trinajstić information content (AvgIpc) is 2.29. The molecule has 1 rings (SSSR count). The van der Waals surface area contributed by atoms with Gasteiger partial charge in [-0.15, -0.1) is 0 Å². The molecule has 1 N–H and O–H groups in total. The van der Waals surface area contributed by atoms with Gasteiger partial charge in [-0.05, 0) is 38.8 Å². The zero-order valence-electron chi connectivity index (χ0n) is 12.0. The van der Waals surface area contributed by atoms with Crippen molar-refractivity contribution in [3.63, 3.8) is 0 Å². The second-order valence-electron chi connectivity index (χ2n) is 5.54. The van der Waals surface area contributed by atoms with E-state index < -0.39 is 17.7 Å². The van der Waals surface area contributed by atoms with Crippen molar-refractivity contribution < 1.29 is 18.7 Å². The van der Waals surface area contributed by atoms with E-state index >= 15 is 0 Å². The quantitative estimate of drug-likeness (QED) is 0.844. The predicted molar refractivity (Wildman–Crippen MR) is 73.9 cm³/mol. The molecule has 0 radical (unpaired) electrons. The topological polar surface area (TPSA) is 55.4 Å². The molecule has 1 aromatic carbocycles. The zero-order valence-corrected chi connectivity index (χ0v) is 12.0. The van der Waals surface area contributed by atoms with E-state index in [-0.39, 0.29) is 18.7 Å². The third kappa shape index (κ3) is 5.82. The Morgan fingerprint density at radius 2 is 2.05 bits per heavy atom. The fourth-order valence-electron chi connectivity index (χ4n) is 1.71. The van der Waals surface area contributed by atoms with E-state index in [0.717, 1.165) is 0 Å².